The fourth-order valence-electron chi connectivity index (χ4n) is 3.57. The van der Waals surface area contributed by atoms with Gasteiger partial charge in [-0.1, -0.05) is 13.8 Å². The maximum Gasteiger partial charge on any atom is 0.251 e. The van der Waals surface area contributed by atoms with Gasteiger partial charge in [0.05, 0.1) is 6.61 Å². The first-order valence-corrected chi connectivity index (χ1v) is 11.4. The number of rotatable bonds is 9. The molecule has 3 rings (SSSR count). The quantitative estimate of drug-likeness (QED) is 0.643. The zero-order valence-electron chi connectivity index (χ0n) is 17.9. The van der Waals surface area contributed by atoms with E-state index in [0.717, 1.165) is 31.8 Å². The van der Waals surface area contributed by atoms with E-state index in [0.29, 0.717) is 18.7 Å². The maximum absolute atomic E-state index is 12.7. The lowest BCUT2D eigenvalue weighted by Gasteiger charge is -2.27. The average molecular weight is 430 g/mol. The lowest BCUT2D eigenvalue weighted by molar-refractivity contribution is -0.124. The van der Waals surface area contributed by atoms with Gasteiger partial charge >= 0.3 is 0 Å². The van der Waals surface area contributed by atoms with E-state index in [1.54, 1.807) is 24.3 Å². The summed E-state index contributed by atoms with van der Waals surface area (Å²) in [6.45, 7) is 9.70. The molecular formula is C23H31N3O3S. The monoisotopic (exact) mass is 429 g/mol. The predicted molar refractivity (Wildman–Crippen MR) is 120 cm³/mol. The van der Waals surface area contributed by atoms with Crippen LogP contribution in [0, 0.1) is 5.92 Å². The van der Waals surface area contributed by atoms with E-state index >= 15 is 0 Å². The summed E-state index contributed by atoms with van der Waals surface area (Å²) in [6.07, 6.45) is 1.08. The van der Waals surface area contributed by atoms with Crippen LogP contribution in [-0.4, -0.2) is 49.0 Å². The normalized spacial score (nSPS) is 14.8. The zero-order valence-corrected chi connectivity index (χ0v) is 18.8. The molecule has 2 N–H and O–H groups in total. The standard InChI is InChI=1S/C23H31N3O3S/c1-4-29-19-7-5-17(6-8-19)22(27)25-21(16(2)3)23(28)24-11-13-26-12-9-20-18(15-26)10-14-30-20/h5-8,10,14,16,21H,4,9,11-13,15H2,1-3H3,(H,24,28)(H,25,27). The van der Waals surface area contributed by atoms with Crippen molar-refractivity contribution < 1.29 is 14.3 Å². The first kappa shape index (κ1) is 22.3. The van der Waals surface area contributed by atoms with Gasteiger partial charge in [0.15, 0.2) is 0 Å². The lowest BCUT2D eigenvalue weighted by atomic mass is 10.0. The van der Waals surface area contributed by atoms with E-state index in [1.165, 1.54) is 10.4 Å². The molecule has 0 saturated carbocycles. The summed E-state index contributed by atoms with van der Waals surface area (Å²) in [5.41, 5.74) is 1.91. The van der Waals surface area contributed by atoms with Crippen molar-refractivity contribution in [2.75, 3.05) is 26.2 Å². The van der Waals surface area contributed by atoms with E-state index in [1.807, 2.05) is 32.1 Å². The van der Waals surface area contributed by atoms with Crippen molar-refractivity contribution >= 4 is 23.2 Å². The summed E-state index contributed by atoms with van der Waals surface area (Å²) < 4.78 is 5.41. The van der Waals surface area contributed by atoms with Gasteiger partial charge in [-0.05, 0) is 60.5 Å². The third-order valence-electron chi connectivity index (χ3n) is 5.28. The van der Waals surface area contributed by atoms with E-state index in [2.05, 4.69) is 27.0 Å². The van der Waals surface area contributed by atoms with Crippen molar-refractivity contribution in [3.63, 3.8) is 0 Å². The molecule has 1 atom stereocenters. The summed E-state index contributed by atoms with van der Waals surface area (Å²) in [4.78, 5) is 29.2. The van der Waals surface area contributed by atoms with Crippen LogP contribution in [0.5, 0.6) is 5.75 Å². The average Bonchev–Trinajstić information content (AvgIpc) is 3.20. The Balaban J connectivity index is 1.49. The second-order valence-corrected chi connectivity index (χ2v) is 8.84. The van der Waals surface area contributed by atoms with Crippen LogP contribution in [0.1, 0.15) is 41.6 Å². The third kappa shape index (κ3) is 5.83. The van der Waals surface area contributed by atoms with Crippen molar-refractivity contribution in [1.82, 2.24) is 15.5 Å². The Bertz CT molecular complexity index is 848. The summed E-state index contributed by atoms with van der Waals surface area (Å²) >= 11 is 1.83. The zero-order chi connectivity index (χ0) is 21.5. The molecule has 7 heteroatoms. The number of hydrogen-bond donors (Lipinski definition) is 2. The van der Waals surface area contributed by atoms with Crippen LogP contribution in [0.25, 0.3) is 0 Å². The second-order valence-electron chi connectivity index (χ2n) is 7.84. The number of thiophene rings is 1. The molecule has 1 aliphatic rings. The Morgan fingerprint density at radius 1 is 1.20 bits per heavy atom. The molecule has 0 aliphatic carbocycles. The predicted octanol–water partition coefficient (Wildman–Crippen LogP) is 3.08. The summed E-state index contributed by atoms with van der Waals surface area (Å²) in [5.74, 6) is 0.310. The number of benzene rings is 1. The molecule has 1 unspecified atom stereocenters. The molecule has 30 heavy (non-hydrogen) atoms. The molecule has 1 aromatic heterocycles. The molecule has 0 radical (unpaired) electrons. The van der Waals surface area contributed by atoms with Crippen molar-refractivity contribution in [1.29, 1.82) is 0 Å². The smallest absolute Gasteiger partial charge is 0.251 e. The van der Waals surface area contributed by atoms with Gasteiger partial charge in [-0.15, -0.1) is 11.3 Å². The van der Waals surface area contributed by atoms with E-state index in [9.17, 15) is 9.59 Å². The minimum absolute atomic E-state index is 0.0139. The molecule has 1 aliphatic heterocycles. The van der Waals surface area contributed by atoms with E-state index in [-0.39, 0.29) is 17.7 Å². The Morgan fingerprint density at radius 3 is 2.67 bits per heavy atom. The number of nitrogens with one attached hydrogen (secondary N) is 2. The molecule has 2 heterocycles. The minimum atomic E-state index is -0.575. The van der Waals surface area contributed by atoms with Crippen LogP contribution in [-0.2, 0) is 17.8 Å². The third-order valence-corrected chi connectivity index (χ3v) is 6.30. The van der Waals surface area contributed by atoms with Gasteiger partial charge in [0, 0.05) is 36.6 Å². The van der Waals surface area contributed by atoms with Gasteiger partial charge in [-0.25, -0.2) is 0 Å². The lowest BCUT2D eigenvalue weighted by Crippen LogP contribution is -2.51. The summed E-state index contributed by atoms with van der Waals surface area (Å²) in [6, 6.07) is 8.57. The minimum Gasteiger partial charge on any atom is -0.494 e. The van der Waals surface area contributed by atoms with Crippen molar-refractivity contribution in [2.45, 2.75) is 39.8 Å². The molecule has 2 aromatic rings. The highest BCUT2D eigenvalue weighted by Gasteiger charge is 2.25. The second kappa shape index (κ2) is 10.6. The summed E-state index contributed by atoms with van der Waals surface area (Å²) in [5, 5.41) is 8.03. The molecular weight excluding hydrogens is 398 g/mol. The Hall–Kier alpha value is -2.38. The largest absolute Gasteiger partial charge is 0.494 e. The van der Waals surface area contributed by atoms with Gasteiger partial charge in [0.2, 0.25) is 5.91 Å². The Labute approximate surface area is 182 Å². The van der Waals surface area contributed by atoms with Crippen LogP contribution >= 0.6 is 11.3 Å². The SMILES string of the molecule is CCOc1ccc(C(=O)NC(C(=O)NCCN2CCc3sccc3C2)C(C)C)cc1. The van der Waals surface area contributed by atoms with Crippen molar-refractivity contribution in [2.24, 2.45) is 5.92 Å². The molecule has 162 valence electrons. The molecule has 0 saturated heterocycles. The highest BCUT2D eigenvalue weighted by atomic mass is 32.1. The number of carbonyl (C=O) groups is 2. The van der Waals surface area contributed by atoms with Crippen molar-refractivity contribution in [3.8, 4) is 5.75 Å². The number of amides is 2. The first-order valence-electron chi connectivity index (χ1n) is 10.6. The van der Waals surface area contributed by atoms with Gasteiger partial charge in [-0.3, -0.25) is 14.5 Å². The topological polar surface area (TPSA) is 70.7 Å². The molecule has 0 bridgehead atoms. The fourth-order valence-corrected chi connectivity index (χ4v) is 4.46. The van der Waals surface area contributed by atoms with Gasteiger partial charge in [-0.2, -0.15) is 0 Å². The van der Waals surface area contributed by atoms with Crippen LogP contribution < -0.4 is 15.4 Å². The van der Waals surface area contributed by atoms with E-state index in [4.69, 9.17) is 4.74 Å². The molecule has 1 aromatic carbocycles. The van der Waals surface area contributed by atoms with E-state index < -0.39 is 6.04 Å². The van der Waals surface area contributed by atoms with Crippen LogP contribution in [0.3, 0.4) is 0 Å². The number of nitrogens with zero attached hydrogens (tertiary/aromatic N) is 1. The highest BCUT2D eigenvalue weighted by molar-refractivity contribution is 7.10. The number of carbonyl (C=O) groups excluding carboxylic acids is 2. The molecule has 2 amide bonds. The highest BCUT2D eigenvalue weighted by Crippen LogP contribution is 2.23. The Morgan fingerprint density at radius 2 is 1.97 bits per heavy atom. The molecule has 0 fully saturated rings. The van der Waals surface area contributed by atoms with Crippen LogP contribution in [0.4, 0.5) is 0 Å². The number of fused-ring (bicyclic) bond motifs is 1. The van der Waals surface area contributed by atoms with Crippen LogP contribution in [0.15, 0.2) is 35.7 Å². The van der Waals surface area contributed by atoms with Gasteiger partial charge in [0.1, 0.15) is 11.8 Å². The van der Waals surface area contributed by atoms with Gasteiger partial charge < -0.3 is 15.4 Å². The fraction of sp³-hybridized carbons (Fsp3) is 0.478. The molecule has 6 nitrogen and oxygen atoms in total. The maximum atomic E-state index is 12.7. The van der Waals surface area contributed by atoms with Crippen LogP contribution in [0.2, 0.25) is 0 Å². The first-order chi connectivity index (χ1) is 14.5. The Kier molecular flexibility index (Phi) is 7.87. The summed E-state index contributed by atoms with van der Waals surface area (Å²) in [7, 11) is 0. The number of ether oxygens (including phenoxy) is 1. The number of hydrogen-bond acceptors (Lipinski definition) is 5. The molecule has 0 spiro atoms. The van der Waals surface area contributed by atoms with Crippen molar-refractivity contribution in [3.05, 3.63) is 51.7 Å². The van der Waals surface area contributed by atoms with Gasteiger partial charge in [0.25, 0.3) is 5.91 Å².